The minimum absolute atomic E-state index is 0.0495. The second-order valence-electron chi connectivity index (χ2n) is 7.62. The summed E-state index contributed by atoms with van der Waals surface area (Å²) < 4.78 is 26.9. The molecular formula is C24H22O8. The third kappa shape index (κ3) is 3.68. The lowest BCUT2D eigenvalue weighted by Crippen LogP contribution is -2.21. The topological polar surface area (TPSA) is 97.4 Å². The Labute approximate surface area is 184 Å². The number of carbonyl (C=O) groups is 3. The van der Waals surface area contributed by atoms with E-state index in [1.54, 1.807) is 44.2 Å². The minimum Gasteiger partial charge on any atom is -0.493 e. The maximum atomic E-state index is 12.8. The Hall–Kier alpha value is -3.81. The molecule has 0 bridgehead atoms. The van der Waals surface area contributed by atoms with Crippen LogP contribution >= 0.6 is 0 Å². The molecule has 0 saturated heterocycles. The van der Waals surface area contributed by atoms with E-state index in [1.807, 2.05) is 0 Å². The van der Waals surface area contributed by atoms with Gasteiger partial charge in [0.05, 0.1) is 26.2 Å². The van der Waals surface area contributed by atoms with Gasteiger partial charge in [0.25, 0.3) is 0 Å². The molecule has 0 fully saturated rings. The molecule has 2 aromatic rings. The van der Waals surface area contributed by atoms with Gasteiger partial charge >= 0.3 is 11.9 Å². The number of Topliss-reactive ketones (excluding diaryl/α,β-unsaturated/α-hetero) is 1. The molecule has 0 radical (unpaired) electrons. The average Bonchev–Trinajstić information content (AvgIpc) is 3.13. The Morgan fingerprint density at radius 3 is 2.53 bits per heavy atom. The normalized spacial score (nSPS) is 16.5. The predicted octanol–water partition coefficient (Wildman–Crippen LogP) is 3.56. The first-order chi connectivity index (χ1) is 15.3. The highest BCUT2D eigenvalue weighted by Gasteiger charge is 2.39. The number of ether oxygens (including phenoxy) is 5. The Balaban J connectivity index is 1.80. The van der Waals surface area contributed by atoms with Crippen LogP contribution in [0.5, 0.6) is 23.0 Å². The van der Waals surface area contributed by atoms with E-state index in [0.717, 1.165) is 11.1 Å². The van der Waals surface area contributed by atoms with E-state index in [-0.39, 0.29) is 24.6 Å². The molecule has 0 aromatic heterocycles. The predicted molar refractivity (Wildman–Crippen MR) is 112 cm³/mol. The number of ketones is 1. The quantitative estimate of drug-likeness (QED) is 0.397. The van der Waals surface area contributed by atoms with Crippen LogP contribution in [-0.2, 0) is 14.3 Å². The molecule has 0 amide bonds. The first-order valence-electron chi connectivity index (χ1n) is 9.99. The third-order valence-corrected chi connectivity index (χ3v) is 5.37. The summed E-state index contributed by atoms with van der Waals surface area (Å²) in [6.07, 6.45) is 0.0495. The monoisotopic (exact) mass is 438 g/mol. The van der Waals surface area contributed by atoms with Crippen LogP contribution < -0.4 is 18.9 Å². The number of allylic oxidation sites excluding steroid dienone is 2. The number of hydrogen-bond acceptors (Lipinski definition) is 8. The molecule has 4 rings (SSSR count). The van der Waals surface area contributed by atoms with E-state index in [1.165, 1.54) is 14.2 Å². The lowest BCUT2D eigenvalue weighted by atomic mass is 9.84. The molecule has 0 aliphatic carbocycles. The van der Waals surface area contributed by atoms with Crippen LogP contribution in [-0.4, -0.2) is 38.5 Å². The Kier molecular flexibility index (Phi) is 5.61. The summed E-state index contributed by atoms with van der Waals surface area (Å²) in [6.45, 7) is 3.31. The summed E-state index contributed by atoms with van der Waals surface area (Å²) in [6, 6.07) is 8.42. The van der Waals surface area contributed by atoms with Gasteiger partial charge < -0.3 is 23.7 Å². The lowest BCUT2D eigenvalue weighted by Gasteiger charge is -2.27. The van der Waals surface area contributed by atoms with Crippen molar-refractivity contribution in [3.8, 4) is 23.0 Å². The number of benzene rings is 2. The lowest BCUT2D eigenvalue weighted by molar-refractivity contribution is -0.143. The van der Waals surface area contributed by atoms with Crippen molar-refractivity contribution in [1.82, 2.24) is 0 Å². The van der Waals surface area contributed by atoms with E-state index in [0.29, 0.717) is 34.1 Å². The fourth-order valence-electron chi connectivity index (χ4n) is 3.83. The van der Waals surface area contributed by atoms with Gasteiger partial charge in [-0.3, -0.25) is 9.59 Å². The van der Waals surface area contributed by atoms with E-state index in [2.05, 4.69) is 4.74 Å². The summed E-state index contributed by atoms with van der Waals surface area (Å²) in [5, 5.41) is 0. The second kappa shape index (κ2) is 8.37. The molecule has 0 unspecified atom stereocenters. The molecule has 0 N–H and O–H groups in total. The molecule has 2 aromatic carbocycles. The minimum atomic E-state index is -0.539. The summed E-state index contributed by atoms with van der Waals surface area (Å²) in [4.78, 5) is 36.6. The SMILES string of the molecule is COC(=O)COc1cc([C@@H]2CC(=O)Oc3ccc4c(c32)OC(=C(C)C)C4=O)ccc1OC. The van der Waals surface area contributed by atoms with Gasteiger partial charge in [-0.25, -0.2) is 4.79 Å². The highest BCUT2D eigenvalue weighted by atomic mass is 16.6. The fraction of sp³-hybridized carbons (Fsp3) is 0.292. The van der Waals surface area contributed by atoms with Gasteiger partial charge in [-0.1, -0.05) is 6.07 Å². The van der Waals surface area contributed by atoms with Crippen molar-refractivity contribution in [2.75, 3.05) is 20.8 Å². The fourth-order valence-corrected chi connectivity index (χ4v) is 3.83. The summed E-state index contributed by atoms with van der Waals surface area (Å²) >= 11 is 0. The number of fused-ring (bicyclic) bond motifs is 3. The van der Waals surface area contributed by atoms with Crippen molar-refractivity contribution in [2.24, 2.45) is 0 Å². The van der Waals surface area contributed by atoms with Crippen LogP contribution in [0.25, 0.3) is 0 Å². The highest BCUT2D eigenvalue weighted by molar-refractivity contribution is 6.13. The van der Waals surface area contributed by atoms with E-state index < -0.39 is 17.9 Å². The first-order valence-corrected chi connectivity index (χ1v) is 9.99. The smallest absolute Gasteiger partial charge is 0.343 e. The number of carbonyl (C=O) groups excluding carboxylic acids is 3. The van der Waals surface area contributed by atoms with Crippen LogP contribution in [0.4, 0.5) is 0 Å². The van der Waals surface area contributed by atoms with Gasteiger partial charge in [0.2, 0.25) is 5.78 Å². The maximum absolute atomic E-state index is 12.8. The molecule has 32 heavy (non-hydrogen) atoms. The molecule has 2 heterocycles. The van der Waals surface area contributed by atoms with Gasteiger partial charge in [-0.15, -0.1) is 0 Å². The zero-order valence-corrected chi connectivity index (χ0v) is 18.1. The Morgan fingerprint density at radius 1 is 1.06 bits per heavy atom. The van der Waals surface area contributed by atoms with Gasteiger partial charge in [0.1, 0.15) is 11.5 Å². The molecule has 8 heteroatoms. The summed E-state index contributed by atoms with van der Waals surface area (Å²) in [5.74, 6) is 0.186. The highest BCUT2D eigenvalue weighted by Crippen LogP contribution is 2.49. The van der Waals surface area contributed by atoms with E-state index in [9.17, 15) is 14.4 Å². The maximum Gasteiger partial charge on any atom is 0.343 e. The molecule has 1 atom stereocenters. The Morgan fingerprint density at radius 2 is 1.84 bits per heavy atom. The van der Waals surface area contributed by atoms with Gasteiger partial charge in [0.15, 0.2) is 23.9 Å². The van der Waals surface area contributed by atoms with Crippen LogP contribution in [0.3, 0.4) is 0 Å². The van der Waals surface area contributed by atoms with Crippen molar-refractivity contribution in [3.63, 3.8) is 0 Å². The molecular weight excluding hydrogens is 416 g/mol. The van der Waals surface area contributed by atoms with Crippen LogP contribution in [0.15, 0.2) is 41.7 Å². The zero-order chi connectivity index (χ0) is 23.0. The number of esters is 2. The molecule has 8 nitrogen and oxygen atoms in total. The summed E-state index contributed by atoms with van der Waals surface area (Å²) in [7, 11) is 2.76. The van der Waals surface area contributed by atoms with Crippen molar-refractivity contribution < 1.29 is 38.1 Å². The molecule has 166 valence electrons. The molecule has 0 saturated carbocycles. The van der Waals surface area contributed by atoms with Crippen molar-refractivity contribution in [1.29, 1.82) is 0 Å². The molecule has 2 aliphatic heterocycles. The van der Waals surface area contributed by atoms with Gasteiger partial charge in [-0.05, 0) is 49.2 Å². The number of rotatable bonds is 5. The largest absolute Gasteiger partial charge is 0.493 e. The standard InChI is InChI=1S/C24H22O8/c1-12(2)23-22(27)14-6-8-17-21(24(14)32-23)15(10-19(25)31-17)13-5-7-16(28-3)18(9-13)30-11-20(26)29-4/h5-9,15H,10-11H2,1-4H3/t15-/m0/s1. The van der Waals surface area contributed by atoms with E-state index in [4.69, 9.17) is 18.9 Å². The number of methoxy groups -OCH3 is 2. The van der Waals surface area contributed by atoms with Crippen molar-refractivity contribution in [2.45, 2.75) is 26.2 Å². The van der Waals surface area contributed by atoms with Crippen molar-refractivity contribution >= 4 is 17.7 Å². The Bertz CT molecular complexity index is 1160. The number of hydrogen-bond donors (Lipinski definition) is 0. The molecule has 0 spiro atoms. The van der Waals surface area contributed by atoms with Crippen molar-refractivity contribution in [3.05, 3.63) is 58.4 Å². The third-order valence-electron chi connectivity index (χ3n) is 5.37. The van der Waals surface area contributed by atoms with Crippen LogP contribution in [0.1, 0.15) is 47.7 Å². The van der Waals surface area contributed by atoms with Crippen LogP contribution in [0.2, 0.25) is 0 Å². The second-order valence-corrected chi connectivity index (χ2v) is 7.62. The van der Waals surface area contributed by atoms with E-state index >= 15 is 0 Å². The summed E-state index contributed by atoms with van der Waals surface area (Å²) in [5.41, 5.74) is 2.53. The average molecular weight is 438 g/mol. The zero-order valence-electron chi connectivity index (χ0n) is 18.1. The first kappa shape index (κ1) is 21.4. The van der Waals surface area contributed by atoms with Crippen LogP contribution in [0, 0.1) is 0 Å². The molecule has 2 aliphatic rings. The van der Waals surface area contributed by atoms with Gasteiger partial charge in [0, 0.05) is 11.5 Å². The van der Waals surface area contributed by atoms with Gasteiger partial charge in [-0.2, -0.15) is 0 Å².